The van der Waals surface area contributed by atoms with Crippen LogP contribution >= 0.6 is 0 Å². The van der Waals surface area contributed by atoms with Crippen molar-refractivity contribution in [2.75, 3.05) is 13.2 Å². The molecular formula is C13H16O2. The summed E-state index contributed by atoms with van der Waals surface area (Å²) in [4.78, 5) is 10.9. The lowest BCUT2D eigenvalue weighted by Gasteiger charge is -2.17. The third-order valence-electron chi connectivity index (χ3n) is 3.10. The minimum absolute atomic E-state index is 0.132. The Morgan fingerprint density at radius 3 is 2.73 bits per heavy atom. The van der Waals surface area contributed by atoms with Crippen LogP contribution in [0.2, 0.25) is 0 Å². The second-order valence-electron chi connectivity index (χ2n) is 4.12. The maximum Gasteiger partial charge on any atom is 0.150 e. The summed E-state index contributed by atoms with van der Waals surface area (Å²) in [6.07, 6.45) is 3.22. The van der Waals surface area contributed by atoms with Crippen LogP contribution in [-0.4, -0.2) is 19.5 Å². The molecule has 1 fully saturated rings. The smallest absolute Gasteiger partial charge is 0.150 e. The summed E-state index contributed by atoms with van der Waals surface area (Å²) in [7, 11) is 0. The molecule has 2 nitrogen and oxygen atoms in total. The van der Waals surface area contributed by atoms with Crippen molar-refractivity contribution < 1.29 is 9.53 Å². The molecule has 0 unspecified atom stereocenters. The first-order chi connectivity index (χ1) is 7.32. The Bertz CT molecular complexity index is 353. The van der Waals surface area contributed by atoms with E-state index in [1.165, 1.54) is 0 Å². The van der Waals surface area contributed by atoms with Crippen molar-refractivity contribution >= 4 is 6.29 Å². The summed E-state index contributed by atoms with van der Waals surface area (Å²) in [5.41, 5.74) is 2.11. The van der Waals surface area contributed by atoms with E-state index in [4.69, 9.17) is 4.74 Å². The predicted molar refractivity (Wildman–Crippen MR) is 59.2 cm³/mol. The number of rotatable bonds is 5. The van der Waals surface area contributed by atoms with Crippen molar-refractivity contribution in [2.24, 2.45) is 0 Å². The van der Waals surface area contributed by atoms with Gasteiger partial charge < -0.3 is 4.74 Å². The van der Waals surface area contributed by atoms with Gasteiger partial charge in [-0.1, -0.05) is 24.3 Å². The molecular weight excluding hydrogens is 188 g/mol. The van der Waals surface area contributed by atoms with E-state index < -0.39 is 0 Å². The topological polar surface area (TPSA) is 26.3 Å². The minimum Gasteiger partial charge on any atom is -0.381 e. The summed E-state index contributed by atoms with van der Waals surface area (Å²) in [5, 5.41) is 0. The van der Waals surface area contributed by atoms with Gasteiger partial charge in [0.2, 0.25) is 0 Å². The number of hydrogen-bond acceptors (Lipinski definition) is 2. The van der Waals surface area contributed by atoms with E-state index in [2.05, 4.69) is 6.07 Å². The molecule has 1 aromatic rings. The number of benzene rings is 1. The van der Waals surface area contributed by atoms with Gasteiger partial charge in [0.1, 0.15) is 6.29 Å². The van der Waals surface area contributed by atoms with E-state index in [0.717, 1.165) is 43.5 Å². The molecule has 0 saturated heterocycles. The van der Waals surface area contributed by atoms with Crippen LogP contribution in [0.15, 0.2) is 24.3 Å². The quantitative estimate of drug-likeness (QED) is 0.689. The van der Waals surface area contributed by atoms with Crippen molar-refractivity contribution in [3.05, 3.63) is 35.4 Å². The highest BCUT2D eigenvalue weighted by molar-refractivity contribution is 5.78. The number of ether oxygens (including phenoxy) is 1. The summed E-state index contributed by atoms with van der Waals surface area (Å²) in [6.45, 7) is 3.49. The molecule has 0 aromatic heterocycles. The van der Waals surface area contributed by atoms with E-state index in [0.29, 0.717) is 0 Å². The molecule has 1 aliphatic rings. The Kier molecular flexibility index (Phi) is 2.87. The standard InChI is InChI=1S/C13H16O2/c1-2-15-10-13(7-8-13)12-6-4-3-5-11(12)9-14/h3-6,9H,2,7-8,10H2,1H3. The van der Waals surface area contributed by atoms with E-state index in [1.54, 1.807) is 0 Å². The Labute approximate surface area is 90.3 Å². The maximum absolute atomic E-state index is 10.9. The molecule has 0 spiro atoms. The average molecular weight is 204 g/mol. The van der Waals surface area contributed by atoms with Crippen molar-refractivity contribution in [1.82, 2.24) is 0 Å². The van der Waals surface area contributed by atoms with Gasteiger partial charge in [-0.15, -0.1) is 0 Å². The normalized spacial score (nSPS) is 17.4. The number of aldehydes is 1. The van der Waals surface area contributed by atoms with Crippen molar-refractivity contribution in [2.45, 2.75) is 25.2 Å². The maximum atomic E-state index is 10.9. The van der Waals surface area contributed by atoms with Gasteiger partial charge >= 0.3 is 0 Å². The van der Waals surface area contributed by atoms with E-state index in [-0.39, 0.29) is 5.41 Å². The highest BCUT2D eigenvalue weighted by Gasteiger charge is 2.45. The van der Waals surface area contributed by atoms with Crippen LogP contribution in [0, 0.1) is 0 Å². The van der Waals surface area contributed by atoms with E-state index in [9.17, 15) is 4.79 Å². The van der Waals surface area contributed by atoms with Gasteiger partial charge in [0, 0.05) is 17.6 Å². The lowest BCUT2D eigenvalue weighted by molar-refractivity contribution is 0.111. The Hall–Kier alpha value is -1.15. The van der Waals surface area contributed by atoms with E-state index in [1.807, 2.05) is 25.1 Å². The molecule has 0 amide bonds. The molecule has 0 radical (unpaired) electrons. The lowest BCUT2D eigenvalue weighted by atomic mass is 9.92. The SMILES string of the molecule is CCOCC1(c2ccccc2C=O)CC1. The molecule has 0 N–H and O–H groups in total. The molecule has 1 aromatic carbocycles. The fourth-order valence-corrected chi connectivity index (χ4v) is 2.02. The van der Waals surface area contributed by atoms with Gasteiger partial charge in [-0.2, -0.15) is 0 Å². The van der Waals surface area contributed by atoms with Gasteiger partial charge in [0.25, 0.3) is 0 Å². The van der Waals surface area contributed by atoms with Crippen molar-refractivity contribution in [1.29, 1.82) is 0 Å². The van der Waals surface area contributed by atoms with Gasteiger partial charge in [-0.05, 0) is 25.3 Å². The van der Waals surface area contributed by atoms with Crippen LogP contribution in [0.25, 0.3) is 0 Å². The molecule has 80 valence electrons. The van der Waals surface area contributed by atoms with Crippen LogP contribution in [0.3, 0.4) is 0 Å². The third kappa shape index (κ3) is 1.95. The summed E-state index contributed by atoms with van der Waals surface area (Å²) >= 11 is 0. The molecule has 2 heteroatoms. The van der Waals surface area contributed by atoms with Crippen LogP contribution in [0.1, 0.15) is 35.7 Å². The summed E-state index contributed by atoms with van der Waals surface area (Å²) in [6, 6.07) is 7.84. The summed E-state index contributed by atoms with van der Waals surface area (Å²) in [5.74, 6) is 0. The van der Waals surface area contributed by atoms with Gasteiger partial charge in [-0.25, -0.2) is 0 Å². The minimum atomic E-state index is 0.132. The molecule has 2 rings (SSSR count). The molecule has 0 atom stereocenters. The summed E-state index contributed by atoms with van der Waals surface area (Å²) < 4.78 is 5.50. The van der Waals surface area contributed by atoms with Crippen molar-refractivity contribution in [3.8, 4) is 0 Å². The first-order valence-electron chi connectivity index (χ1n) is 5.45. The number of carbonyl (C=O) groups excluding carboxylic acids is 1. The van der Waals surface area contributed by atoms with Crippen LogP contribution in [0.5, 0.6) is 0 Å². The molecule has 0 aliphatic heterocycles. The van der Waals surface area contributed by atoms with E-state index >= 15 is 0 Å². The molecule has 1 saturated carbocycles. The largest absolute Gasteiger partial charge is 0.381 e. The first-order valence-corrected chi connectivity index (χ1v) is 5.45. The molecule has 1 aliphatic carbocycles. The predicted octanol–water partition coefficient (Wildman–Crippen LogP) is 2.57. The van der Waals surface area contributed by atoms with Gasteiger partial charge in [0.05, 0.1) is 6.61 Å². The third-order valence-corrected chi connectivity index (χ3v) is 3.10. The Morgan fingerprint density at radius 1 is 1.40 bits per heavy atom. The molecule has 0 heterocycles. The second-order valence-corrected chi connectivity index (χ2v) is 4.12. The fraction of sp³-hybridized carbons (Fsp3) is 0.462. The van der Waals surface area contributed by atoms with Gasteiger partial charge in [0.15, 0.2) is 0 Å². The highest BCUT2D eigenvalue weighted by Crippen LogP contribution is 2.49. The highest BCUT2D eigenvalue weighted by atomic mass is 16.5. The second kappa shape index (κ2) is 4.15. The number of carbonyl (C=O) groups is 1. The van der Waals surface area contributed by atoms with Gasteiger partial charge in [-0.3, -0.25) is 4.79 Å². The zero-order chi connectivity index (χ0) is 10.7. The van der Waals surface area contributed by atoms with Crippen LogP contribution in [0.4, 0.5) is 0 Å². The monoisotopic (exact) mass is 204 g/mol. The Morgan fingerprint density at radius 2 is 2.13 bits per heavy atom. The molecule has 15 heavy (non-hydrogen) atoms. The number of hydrogen-bond donors (Lipinski definition) is 0. The first kappa shape index (κ1) is 10.4. The zero-order valence-electron chi connectivity index (χ0n) is 9.03. The van der Waals surface area contributed by atoms with Crippen LogP contribution in [-0.2, 0) is 10.2 Å². The zero-order valence-corrected chi connectivity index (χ0v) is 9.03. The van der Waals surface area contributed by atoms with Crippen molar-refractivity contribution in [3.63, 3.8) is 0 Å². The molecule has 0 bridgehead atoms. The lowest BCUT2D eigenvalue weighted by Crippen LogP contribution is -2.17. The fourth-order valence-electron chi connectivity index (χ4n) is 2.02. The average Bonchev–Trinajstić information content (AvgIpc) is 3.07. The van der Waals surface area contributed by atoms with Crippen LogP contribution < -0.4 is 0 Å². The Balaban J connectivity index is 2.24.